The third-order valence-corrected chi connectivity index (χ3v) is 6.16. The van der Waals surface area contributed by atoms with Gasteiger partial charge in [0.2, 0.25) is 5.91 Å². The SMILES string of the molecule is CCN(CC)CCNC(=O)Cc1csc(-c2cccc(CN3CCOCC3)c2)n1. The molecule has 1 saturated heterocycles. The molecule has 3 rings (SSSR count). The second-order valence-corrected chi connectivity index (χ2v) is 8.14. The smallest absolute Gasteiger partial charge is 0.226 e. The van der Waals surface area contributed by atoms with Gasteiger partial charge in [-0.3, -0.25) is 9.69 Å². The number of ether oxygens (including phenoxy) is 1. The highest BCUT2D eigenvalue weighted by molar-refractivity contribution is 7.13. The van der Waals surface area contributed by atoms with Crippen LogP contribution in [0.1, 0.15) is 25.1 Å². The third kappa shape index (κ3) is 6.89. The first-order valence-electron chi connectivity index (χ1n) is 10.5. The van der Waals surface area contributed by atoms with E-state index >= 15 is 0 Å². The maximum absolute atomic E-state index is 12.2. The zero-order chi connectivity index (χ0) is 20.5. The van der Waals surface area contributed by atoms with E-state index in [1.807, 2.05) is 5.38 Å². The van der Waals surface area contributed by atoms with Crippen LogP contribution in [0.2, 0.25) is 0 Å². The van der Waals surface area contributed by atoms with Crippen molar-refractivity contribution in [2.45, 2.75) is 26.8 Å². The maximum atomic E-state index is 12.2. The second kappa shape index (κ2) is 11.4. The van der Waals surface area contributed by atoms with Gasteiger partial charge in [-0.15, -0.1) is 11.3 Å². The van der Waals surface area contributed by atoms with Crippen molar-refractivity contribution in [1.82, 2.24) is 20.1 Å². The summed E-state index contributed by atoms with van der Waals surface area (Å²) in [6.45, 7) is 12.4. The molecule has 2 aromatic rings. The van der Waals surface area contributed by atoms with Gasteiger partial charge in [-0.05, 0) is 24.7 Å². The maximum Gasteiger partial charge on any atom is 0.226 e. The van der Waals surface area contributed by atoms with Crippen molar-refractivity contribution < 1.29 is 9.53 Å². The van der Waals surface area contributed by atoms with Crippen molar-refractivity contribution in [1.29, 1.82) is 0 Å². The predicted molar refractivity (Wildman–Crippen MR) is 118 cm³/mol. The molecule has 0 bridgehead atoms. The molecule has 158 valence electrons. The molecule has 0 radical (unpaired) electrons. The molecule has 0 unspecified atom stereocenters. The molecule has 1 amide bonds. The number of thiazole rings is 1. The van der Waals surface area contributed by atoms with Crippen molar-refractivity contribution in [3.63, 3.8) is 0 Å². The largest absolute Gasteiger partial charge is 0.379 e. The summed E-state index contributed by atoms with van der Waals surface area (Å²) in [5.74, 6) is 0.0371. The first kappa shape index (κ1) is 21.9. The number of benzene rings is 1. The average molecular weight is 417 g/mol. The minimum Gasteiger partial charge on any atom is -0.379 e. The first-order valence-corrected chi connectivity index (χ1v) is 11.4. The molecule has 6 nitrogen and oxygen atoms in total. The molecule has 1 aliphatic rings. The van der Waals surface area contributed by atoms with Crippen LogP contribution >= 0.6 is 11.3 Å². The fraction of sp³-hybridized carbons (Fsp3) is 0.545. The number of hydrogen-bond donors (Lipinski definition) is 1. The summed E-state index contributed by atoms with van der Waals surface area (Å²) >= 11 is 1.60. The van der Waals surface area contributed by atoms with Crippen LogP contribution in [0.25, 0.3) is 10.6 Å². The summed E-state index contributed by atoms with van der Waals surface area (Å²) in [6, 6.07) is 8.56. The lowest BCUT2D eigenvalue weighted by molar-refractivity contribution is -0.120. The van der Waals surface area contributed by atoms with Gasteiger partial charge in [0.05, 0.1) is 25.3 Å². The number of carbonyl (C=O) groups excluding carboxylic acids is 1. The van der Waals surface area contributed by atoms with Gasteiger partial charge in [0.15, 0.2) is 0 Å². The highest BCUT2D eigenvalue weighted by Crippen LogP contribution is 2.25. The molecule has 7 heteroatoms. The van der Waals surface area contributed by atoms with E-state index in [0.29, 0.717) is 13.0 Å². The molecule has 1 fully saturated rings. The van der Waals surface area contributed by atoms with Crippen LogP contribution in [-0.2, 0) is 22.5 Å². The summed E-state index contributed by atoms with van der Waals surface area (Å²) < 4.78 is 5.43. The molecule has 0 atom stereocenters. The Morgan fingerprint density at radius 1 is 1.28 bits per heavy atom. The van der Waals surface area contributed by atoms with Gasteiger partial charge < -0.3 is 15.0 Å². The van der Waals surface area contributed by atoms with Gasteiger partial charge >= 0.3 is 0 Å². The Bertz CT molecular complexity index is 770. The Labute approximate surface area is 177 Å². The Balaban J connectivity index is 1.52. The molecule has 29 heavy (non-hydrogen) atoms. The minimum atomic E-state index is 0.0371. The van der Waals surface area contributed by atoms with E-state index in [1.165, 1.54) is 5.56 Å². The number of rotatable bonds is 10. The number of hydrogen-bond acceptors (Lipinski definition) is 6. The van der Waals surface area contributed by atoms with Gasteiger partial charge in [-0.25, -0.2) is 4.98 Å². The van der Waals surface area contributed by atoms with E-state index in [4.69, 9.17) is 9.72 Å². The van der Waals surface area contributed by atoms with E-state index in [0.717, 1.165) is 68.7 Å². The van der Waals surface area contributed by atoms with Crippen LogP contribution in [0.4, 0.5) is 0 Å². The average Bonchev–Trinajstić information content (AvgIpc) is 3.21. The fourth-order valence-electron chi connectivity index (χ4n) is 3.46. The lowest BCUT2D eigenvalue weighted by Crippen LogP contribution is -2.35. The van der Waals surface area contributed by atoms with E-state index in [2.05, 4.69) is 53.2 Å². The molecule has 0 aliphatic carbocycles. The molecule has 0 spiro atoms. The summed E-state index contributed by atoms with van der Waals surface area (Å²) in [5.41, 5.74) is 3.24. The van der Waals surface area contributed by atoms with Crippen molar-refractivity contribution in [2.75, 3.05) is 52.5 Å². The fourth-order valence-corrected chi connectivity index (χ4v) is 4.28. The van der Waals surface area contributed by atoms with Crippen LogP contribution in [0.3, 0.4) is 0 Å². The van der Waals surface area contributed by atoms with Crippen molar-refractivity contribution >= 4 is 17.2 Å². The van der Waals surface area contributed by atoms with Crippen LogP contribution in [0, 0.1) is 0 Å². The van der Waals surface area contributed by atoms with Gasteiger partial charge in [-0.1, -0.05) is 32.0 Å². The molecule has 1 aliphatic heterocycles. The number of amides is 1. The van der Waals surface area contributed by atoms with Gasteiger partial charge in [0.1, 0.15) is 5.01 Å². The van der Waals surface area contributed by atoms with E-state index in [-0.39, 0.29) is 5.91 Å². The van der Waals surface area contributed by atoms with Gasteiger partial charge in [-0.2, -0.15) is 0 Å². The van der Waals surface area contributed by atoms with E-state index < -0.39 is 0 Å². The molecular weight excluding hydrogens is 384 g/mol. The number of carbonyl (C=O) groups is 1. The molecule has 1 N–H and O–H groups in total. The van der Waals surface area contributed by atoms with Crippen molar-refractivity contribution in [2.24, 2.45) is 0 Å². The zero-order valence-electron chi connectivity index (χ0n) is 17.5. The van der Waals surface area contributed by atoms with Crippen LogP contribution in [0.5, 0.6) is 0 Å². The molecule has 2 heterocycles. The predicted octanol–water partition coefficient (Wildman–Crippen LogP) is 2.64. The van der Waals surface area contributed by atoms with Crippen LogP contribution in [-0.4, -0.2) is 73.2 Å². The number of likely N-dealkylation sites (N-methyl/N-ethyl adjacent to an activating group) is 1. The Morgan fingerprint density at radius 2 is 2.07 bits per heavy atom. The third-order valence-electron chi connectivity index (χ3n) is 5.22. The van der Waals surface area contributed by atoms with Gasteiger partial charge in [0.25, 0.3) is 0 Å². The zero-order valence-corrected chi connectivity index (χ0v) is 18.3. The van der Waals surface area contributed by atoms with E-state index in [1.54, 1.807) is 11.3 Å². The van der Waals surface area contributed by atoms with Gasteiger partial charge in [0, 0.05) is 43.7 Å². The summed E-state index contributed by atoms with van der Waals surface area (Å²) in [6.07, 6.45) is 0.336. The standard InChI is InChI=1S/C22H32N4O2S/c1-3-25(4-2)9-8-23-21(27)15-20-17-29-22(24-20)19-7-5-6-18(14-19)16-26-10-12-28-13-11-26/h5-7,14,17H,3-4,8-13,15-16H2,1-2H3,(H,23,27). The minimum absolute atomic E-state index is 0.0371. The highest BCUT2D eigenvalue weighted by Gasteiger charge is 2.13. The van der Waals surface area contributed by atoms with Crippen LogP contribution in [0.15, 0.2) is 29.6 Å². The number of nitrogens with one attached hydrogen (secondary N) is 1. The summed E-state index contributed by atoms with van der Waals surface area (Å²) in [7, 11) is 0. The Hall–Kier alpha value is -1.80. The normalized spacial score (nSPS) is 15.0. The molecule has 1 aromatic carbocycles. The van der Waals surface area contributed by atoms with E-state index in [9.17, 15) is 4.79 Å². The quantitative estimate of drug-likeness (QED) is 0.645. The molecule has 1 aromatic heterocycles. The summed E-state index contributed by atoms with van der Waals surface area (Å²) in [5, 5.41) is 5.97. The first-order chi connectivity index (χ1) is 14.2. The number of aromatic nitrogens is 1. The number of nitrogens with zero attached hydrogens (tertiary/aromatic N) is 3. The summed E-state index contributed by atoms with van der Waals surface area (Å²) in [4.78, 5) is 21.6. The molecular formula is C22H32N4O2S. The Kier molecular flexibility index (Phi) is 8.61. The topological polar surface area (TPSA) is 57.7 Å². The van der Waals surface area contributed by atoms with Crippen molar-refractivity contribution in [3.8, 4) is 10.6 Å². The monoisotopic (exact) mass is 416 g/mol. The second-order valence-electron chi connectivity index (χ2n) is 7.29. The lowest BCUT2D eigenvalue weighted by atomic mass is 10.1. The van der Waals surface area contributed by atoms with Crippen molar-refractivity contribution in [3.05, 3.63) is 40.9 Å². The number of morpholine rings is 1. The van der Waals surface area contributed by atoms with Crippen LogP contribution < -0.4 is 5.32 Å². The highest BCUT2D eigenvalue weighted by atomic mass is 32.1. The lowest BCUT2D eigenvalue weighted by Gasteiger charge is -2.26. The molecule has 0 saturated carbocycles. The Morgan fingerprint density at radius 3 is 2.83 bits per heavy atom.